The van der Waals surface area contributed by atoms with Crippen molar-refractivity contribution < 1.29 is 80.2 Å². The van der Waals surface area contributed by atoms with E-state index < -0.39 is 97.5 Å². The minimum atomic E-state index is -4.97. The Morgan fingerprint density at radius 2 is 0.447 bits per heavy atom. The predicted octanol–water partition coefficient (Wildman–Crippen LogP) is 29.6. The van der Waals surface area contributed by atoms with Crippen molar-refractivity contribution in [3.8, 4) is 0 Å². The van der Waals surface area contributed by atoms with E-state index in [4.69, 9.17) is 37.0 Å². The average Bonchev–Trinajstić information content (AvgIpc) is 0.892. The number of carbonyl (C=O) groups is 4. The van der Waals surface area contributed by atoms with E-state index in [2.05, 4.69) is 48.5 Å². The molecule has 114 heavy (non-hydrogen) atoms. The van der Waals surface area contributed by atoms with Crippen molar-refractivity contribution in [2.24, 2.45) is 17.8 Å². The third-order valence-corrected chi connectivity index (χ3v) is 25.0. The zero-order chi connectivity index (χ0) is 83.6. The fraction of sp³-hybridized carbons (Fsp3) is 0.958. The van der Waals surface area contributed by atoms with Crippen LogP contribution in [0.15, 0.2) is 0 Å². The highest BCUT2D eigenvalue weighted by Gasteiger charge is 2.31. The molecule has 3 N–H and O–H groups in total. The van der Waals surface area contributed by atoms with Gasteiger partial charge in [0.2, 0.25) is 0 Å². The molecule has 19 heteroatoms. The minimum Gasteiger partial charge on any atom is -0.462 e. The average molecular weight is 1660 g/mol. The van der Waals surface area contributed by atoms with E-state index >= 15 is 0 Å². The van der Waals surface area contributed by atoms with Gasteiger partial charge in [0.15, 0.2) is 12.2 Å². The van der Waals surface area contributed by atoms with E-state index in [0.29, 0.717) is 25.7 Å². The molecule has 0 radical (unpaired) electrons. The second-order valence-corrected chi connectivity index (χ2v) is 38.0. The number of phosphoric acid groups is 2. The lowest BCUT2D eigenvalue weighted by atomic mass is 9.99. The van der Waals surface area contributed by atoms with Gasteiger partial charge >= 0.3 is 39.5 Å². The first-order chi connectivity index (χ1) is 55.3. The first-order valence-electron chi connectivity index (χ1n) is 48.9. The number of hydrogen-bond acceptors (Lipinski definition) is 15. The molecule has 0 aliphatic heterocycles. The Balaban J connectivity index is 5.23. The summed E-state index contributed by atoms with van der Waals surface area (Å²) in [6.45, 7) is 12.2. The van der Waals surface area contributed by atoms with Gasteiger partial charge in [0.1, 0.15) is 19.3 Å². The highest BCUT2D eigenvalue weighted by atomic mass is 31.2. The van der Waals surface area contributed by atoms with Gasteiger partial charge in [-0.05, 0) is 43.4 Å². The Labute approximate surface area is 702 Å². The van der Waals surface area contributed by atoms with Crippen LogP contribution in [0, 0.1) is 17.8 Å². The van der Waals surface area contributed by atoms with E-state index in [0.717, 1.165) is 108 Å². The van der Waals surface area contributed by atoms with Crippen LogP contribution in [0.2, 0.25) is 0 Å². The Morgan fingerprint density at radius 1 is 0.254 bits per heavy atom. The summed E-state index contributed by atoms with van der Waals surface area (Å²) in [7, 11) is -9.94. The fourth-order valence-corrected chi connectivity index (χ4v) is 16.5. The molecule has 678 valence electrons. The van der Waals surface area contributed by atoms with Gasteiger partial charge in [-0.2, -0.15) is 0 Å². The Kier molecular flexibility index (Phi) is 83.2. The van der Waals surface area contributed by atoms with Crippen LogP contribution in [-0.2, 0) is 65.4 Å². The summed E-state index contributed by atoms with van der Waals surface area (Å²) in [5, 5.41) is 10.7. The van der Waals surface area contributed by atoms with Crippen LogP contribution in [0.4, 0.5) is 0 Å². The number of rotatable bonds is 93. The van der Waals surface area contributed by atoms with Crippen molar-refractivity contribution in [3.63, 3.8) is 0 Å². The van der Waals surface area contributed by atoms with Crippen LogP contribution in [-0.4, -0.2) is 96.7 Å². The van der Waals surface area contributed by atoms with Gasteiger partial charge in [-0.15, -0.1) is 0 Å². The second kappa shape index (κ2) is 84.7. The number of aliphatic hydroxyl groups is 1. The smallest absolute Gasteiger partial charge is 0.462 e. The first kappa shape index (κ1) is 112. The van der Waals surface area contributed by atoms with Crippen LogP contribution in [0.5, 0.6) is 0 Å². The number of aliphatic hydroxyl groups excluding tert-OH is 1. The number of unbranched alkanes of at least 4 members (excludes halogenated alkanes) is 59. The van der Waals surface area contributed by atoms with Gasteiger partial charge in [-0.25, -0.2) is 9.13 Å². The molecule has 4 unspecified atom stereocenters. The van der Waals surface area contributed by atoms with Crippen LogP contribution in [0.3, 0.4) is 0 Å². The molecule has 0 amide bonds. The van der Waals surface area contributed by atoms with E-state index in [9.17, 15) is 43.2 Å². The van der Waals surface area contributed by atoms with Crippen molar-refractivity contribution >= 4 is 39.5 Å². The molecule has 0 rings (SSSR count). The number of hydrogen-bond donors (Lipinski definition) is 3. The predicted molar refractivity (Wildman–Crippen MR) is 474 cm³/mol. The number of esters is 4. The number of ether oxygens (including phenoxy) is 4. The molecular weight excluding hydrogens is 1470 g/mol. The maximum atomic E-state index is 13.2. The molecule has 0 saturated carbocycles. The van der Waals surface area contributed by atoms with Gasteiger partial charge in [0.25, 0.3) is 0 Å². The first-order valence-corrected chi connectivity index (χ1v) is 51.9. The third-order valence-electron chi connectivity index (χ3n) is 23.1. The van der Waals surface area contributed by atoms with Gasteiger partial charge < -0.3 is 33.8 Å². The highest BCUT2D eigenvalue weighted by Crippen LogP contribution is 2.45. The van der Waals surface area contributed by atoms with Crippen molar-refractivity contribution in [2.75, 3.05) is 39.6 Å². The summed E-state index contributed by atoms with van der Waals surface area (Å²) in [6, 6.07) is 0. The lowest BCUT2D eigenvalue weighted by molar-refractivity contribution is -0.161. The molecule has 0 aliphatic carbocycles. The molecule has 0 spiro atoms. The number of carbonyl (C=O) groups excluding carboxylic acids is 4. The van der Waals surface area contributed by atoms with Gasteiger partial charge in [0.05, 0.1) is 26.4 Å². The molecule has 0 aromatic rings. The van der Waals surface area contributed by atoms with Crippen LogP contribution >= 0.6 is 15.6 Å². The lowest BCUT2D eigenvalue weighted by Gasteiger charge is -2.21. The van der Waals surface area contributed by atoms with E-state index in [1.54, 1.807) is 0 Å². The van der Waals surface area contributed by atoms with Crippen LogP contribution in [0.1, 0.15) is 511 Å². The monoisotopic (exact) mass is 1660 g/mol. The normalized spacial score (nSPS) is 14.2. The minimum absolute atomic E-state index is 0.108. The second-order valence-electron chi connectivity index (χ2n) is 35.1. The molecular formula is C95H186O17P2. The van der Waals surface area contributed by atoms with Crippen molar-refractivity contribution in [3.05, 3.63) is 0 Å². The summed E-state index contributed by atoms with van der Waals surface area (Å²) in [4.78, 5) is 73.5. The van der Waals surface area contributed by atoms with Crippen molar-refractivity contribution in [1.82, 2.24) is 0 Å². The molecule has 0 heterocycles. The zero-order valence-corrected chi connectivity index (χ0v) is 77.4. The van der Waals surface area contributed by atoms with Gasteiger partial charge in [0, 0.05) is 25.7 Å². The van der Waals surface area contributed by atoms with E-state index in [-0.39, 0.29) is 25.7 Å². The molecule has 0 bridgehead atoms. The largest absolute Gasteiger partial charge is 0.472 e. The van der Waals surface area contributed by atoms with Gasteiger partial charge in [-0.3, -0.25) is 37.3 Å². The molecule has 0 aromatic carbocycles. The molecule has 0 saturated heterocycles. The Hall–Kier alpha value is -1.94. The summed E-state index contributed by atoms with van der Waals surface area (Å²) in [5.41, 5.74) is 0. The molecule has 7 atom stereocenters. The summed E-state index contributed by atoms with van der Waals surface area (Å²) < 4.78 is 69.2. The Morgan fingerprint density at radius 3 is 0.667 bits per heavy atom. The maximum Gasteiger partial charge on any atom is 0.472 e. The highest BCUT2D eigenvalue weighted by molar-refractivity contribution is 7.47. The van der Waals surface area contributed by atoms with E-state index in [1.165, 1.54) is 321 Å². The van der Waals surface area contributed by atoms with Crippen molar-refractivity contribution in [1.29, 1.82) is 0 Å². The Bertz CT molecular complexity index is 2190. The topological polar surface area (TPSA) is 237 Å². The lowest BCUT2D eigenvalue weighted by Crippen LogP contribution is -2.30. The summed E-state index contributed by atoms with van der Waals surface area (Å²) in [5.74, 6) is 0.461. The van der Waals surface area contributed by atoms with Crippen molar-refractivity contribution in [2.45, 2.75) is 529 Å². The summed E-state index contributed by atoms with van der Waals surface area (Å²) in [6.07, 6.45) is 79.2. The van der Waals surface area contributed by atoms with Gasteiger partial charge in [-0.1, -0.05) is 459 Å². The SMILES string of the molecule is CCCCCCCCCCCCCC(=O)OC[C@H](COP(=O)(O)OC[C@H](O)COP(=O)(O)OC[C@@H](COC(=O)CCCCCCCCCCCCCCCCCCCCC(C)CC)OC(=O)CCCCCCCCCCCCCCCCCCCCC(C)CC)OC(=O)CCCCCCCCCCCCCCCCCCC(C)C. The standard InChI is InChI=1S/C95H186O17P2/c1-8-11-12-13-14-15-38-48-55-62-69-76-92(97)105-82-90(111-94(99)79-72-65-58-51-44-37-31-25-24-26-32-39-45-52-59-66-73-86(4)5)84-109-113(101,102)107-80-89(96)81-108-114(103,104)110-85-91(112-95(100)78-71-64-57-50-43-36-30-23-19-17-21-28-34-41-47-54-61-68-75-88(7)10-3)83-106-93(98)77-70-63-56-49-42-35-29-22-18-16-20-27-33-40-46-53-60-67-74-87(6)9-2/h86-91,96H,8-85H2,1-7H3,(H,101,102)(H,103,104)/t87?,88?,89-,90+,91+/m0/s1. The zero-order valence-electron chi connectivity index (χ0n) is 75.6. The fourth-order valence-electron chi connectivity index (χ4n) is 14.9. The van der Waals surface area contributed by atoms with Crippen LogP contribution in [0.25, 0.3) is 0 Å². The number of phosphoric ester groups is 2. The molecule has 0 aromatic heterocycles. The van der Waals surface area contributed by atoms with E-state index in [1.807, 2.05) is 0 Å². The molecule has 0 fully saturated rings. The maximum absolute atomic E-state index is 13.2. The molecule has 17 nitrogen and oxygen atoms in total. The quantitative estimate of drug-likeness (QED) is 0.0222. The summed E-state index contributed by atoms with van der Waals surface area (Å²) >= 11 is 0. The van der Waals surface area contributed by atoms with Crippen LogP contribution < -0.4 is 0 Å². The third kappa shape index (κ3) is 85.1. The molecule has 0 aliphatic rings.